The number of rotatable bonds is 6. The first kappa shape index (κ1) is 12.5. The van der Waals surface area contributed by atoms with Crippen LogP contribution in [-0.2, 0) is 33.8 Å². The molecule has 6 heteroatoms. The third kappa shape index (κ3) is 2.06. The molecule has 0 aromatic heterocycles. The second kappa shape index (κ2) is 4.67. The Morgan fingerprint density at radius 1 is 0.833 bits per heavy atom. The Bertz CT molecular complexity index is 112. The predicted octanol–water partition coefficient (Wildman–Crippen LogP) is 0.873. The molecule has 0 aromatic carbocycles. The molecule has 0 saturated carbocycles. The molecule has 0 aliphatic heterocycles. The Kier molecular flexibility index (Phi) is 4.87. The van der Waals surface area contributed by atoms with Crippen molar-refractivity contribution in [2.75, 3.05) is 35.0 Å². The van der Waals surface area contributed by atoms with Crippen LogP contribution in [0.3, 0.4) is 0 Å². The van der Waals surface area contributed by atoms with Gasteiger partial charge in [0.05, 0.1) is 0 Å². The average molecular weight is 217 g/mol. The molecule has 0 heterocycles. The third-order valence-corrected chi connectivity index (χ3v) is 7.06. The van der Waals surface area contributed by atoms with Crippen LogP contribution in [0.5, 0.6) is 0 Å². The summed E-state index contributed by atoms with van der Waals surface area (Å²) in [7, 11) is 5.79. The van der Waals surface area contributed by atoms with Crippen LogP contribution in [0, 0.1) is 0 Å². The van der Waals surface area contributed by atoms with Crippen LogP contribution in [0.1, 0.15) is 6.92 Å². The number of hydrogen-bond donors (Lipinski definition) is 0. The molecule has 0 unspecified atom stereocenters. The van der Waals surface area contributed by atoms with Crippen molar-refractivity contribution >= 4 is 0 Å². The van der Waals surface area contributed by atoms with Crippen LogP contribution in [0.4, 0.5) is 0 Å². The monoisotopic (exact) mass is 217 g/mol. The zero-order valence-corrected chi connectivity index (χ0v) is 9.81. The van der Waals surface area contributed by atoms with Crippen LogP contribution in [0.25, 0.3) is 0 Å². The van der Waals surface area contributed by atoms with Gasteiger partial charge in [0.1, 0.15) is 0 Å². The van der Waals surface area contributed by atoms with Crippen molar-refractivity contribution in [3.63, 3.8) is 0 Å². The molecule has 0 aliphatic carbocycles. The van der Waals surface area contributed by atoms with E-state index in [2.05, 4.69) is 0 Å². The van der Waals surface area contributed by atoms with Crippen molar-refractivity contribution in [1.29, 1.82) is 0 Å². The van der Waals surface area contributed by atoms with Crippen molar-refractivity contribution in [2.45, 2.75) is 6.92 Å². The summed E-state index contributed by atoms with van der Waals surface area (Å²) < 4.78 is 25.8. The first-order valence-electron chi connectivity index (χ1n) is 3.65. The maximum atomic E-state index is 5.32. The summed E-state index contributed by atoms with van der Waals surface area (Å²) in [5.41, 5.74) is 0. The molecule has 0 spiro atoms. The van der Waals surface area contributed by atoms with Gasteiger partial charge in [0.15, 0.2) is 0 Å². The molecule has 0 bridgehead atoms. The van der Waals surface area contributed by atoms with Gasteiger partial charge in [-0.3, -0.25) is 0 Å². The van der Waals surface area contributed by atoms with Crippen LogP contribution >= 0.6 is 0 Å². The van der Waals surface area contributed by atoms with Gasteiger partial charge in [-0.25, -0.2) is 0 Å². The minimum atomic E-state index is -4.41. The summed E-state index contributed by atoms with van der Waals surface area (Å²) >= 11 is -4.41. The fourth-order valence-electron chi connectivity index (χ4n) is 0.971. The van der Waals surface area contributed by atoms with Crippen molar-refractivity contribution < 1.29 is 33.8 Å². The molecule has 0 N–H and O–H groups in total. The van der Waals surface area contributed by atoms with E-state index >= 15 is 0 Å². The fourth-order valence-corrected chi connectivity index (χ4v) is 4.01. The molecule has 0 radical (unpaired) electrons. The Morgan fingerprint density at radius 3 is 1.25 bits per heavy atom. The standard InChI is InChI=1S/C2H5O.4CH3O.Ti/c1-2-3;4*1-2;/h2H2,1H3;4*1H3;/q5*-1;+5. The van der Waals surface area contributed by atoms with E-state index in [-0.39, 0.29) is 0 Å². The number of hydrogen-bond acceptors (Lipinski definition) is 5. The van der Waals surface area contributed by atoms with Gasteiger partial charge in [-0.15, -0.1) is 0 Å². The fraction of sp³-hybridized carbons (Fsp3) is 1.00. The van der Waals surface area contributed by atoms with E-state index in [0.29, 0.717) is 6.61 Å². The second-order valence-corrected chi connectivity index (χ2v) is 7.69. The summed E-state index contributed by atoms with van der Waals surface area (Å²) in [6, 6.07) is 0. The molecule has 0 atom stereocenters. The Morgan fingerprint density at radius 2 is 1.17 bits per heavy atom. The molecular formula is C6H17O5Ti. The third-order valence-electron chi connectivity index (χ3n) is 1.71. The summed E-state index contributed by atoms with van der Waals surface area (Å²) in [5, 5.41) is 0. The van der Waals surface area contributed by atoms with Crippen molar-refractivity contribution in [3.8, 4) is 0 Å². The van der Waals surface area contributed by atoms with E-state index < -0.39 is 17.2 Å². The van der Waals surface area contributed by atoms with Gasteiger partial charge in [-0.05, 0) is 0 Å². The molecule has 75 valence electrons. The van der Waals surface area contributed by atoms with Gasteiger partial charge in [-0.1, -0.05) is 0 Å². The van der Waals surface area contributed by atoms with Gasteiger partial charge >= 0.3 is 75.8 Å². The summed E-state index contributed by atoms with van der Waals surface area (Å²) in [6.07, 6.45) is 0. The predicted molar refractivity (Wildman–Crippen MR) is 39.7 cm³/mol. The van der Waals surface area contributed by atoms with E-state index in [9.17, 15) is 0 Å². The topological polar surface area (TPSA) is 46.2 Å². The summed E-state index contributed by atoms with van der Waals surface area (Å²) in [6.45, 7) is 2.24. The molecule has 0 saturated heterocycles. The molecule has 0 aliphatic rings. The Labute approximate surface area is 76.2 Å². The first-order valence-corrected chi connectivity index (χ1v) is 6.84. The zero-order chi connectivity index (χ0) is 9.69. The zero-order valence-electron chi connectivity index (χ0n) is 8.25. The molecule has 0 aromatic rings. The van der Waals surface area contributed by atoms with E-state index in [0.717, 1.165) is 0 Å². The minimum absolute atomic E-state index is 0.417. The van der Waals surface area contributed by atoms with Crippen LogP contribution in [0.15, 0.2) is 0 Å². The average Bonchev–Trinajstić information content (AvgIpc) is 2.16. The Balaban J connectivity index is 4.70. The van der Waals surface area contributed by atoms with Gasteiger partial charge in [-0.2, -0.15) is 0 Å². The molecule has 0 fully saturated rings. The van der Waals surface area contributed by atoms with Crippen molar-refractivity contribution in [1.82, 2.24) is 0 Å². The van der Waals surface area contributed by atoms with Gasteiger partial charge in [0.2, 0.25) is 0 Å². The van der Waals surface area contributed by atoms with E-state index in [1.54, 1.807) is 0 Å². The van der Waals surface area contributed by atoms with Gasteiger partial charge < -0.3 is 0 Å². The summed E-state index contributed by atoms with van der Waals surface area (Å²) in [4.78, 5) is 0. The molecule has 0 rings (SSSR count). The van der Waals surface area contributed by atoms with Crippen LogP contribution in [0.2, 0.25) is 0 Å². The van der Waals surface area contributed by atoms with Gasteiger partial charge in [0.25, 0.3) is 0 Å². The SMILES string of the molecule is CC[O][Ti]([O]C)([O]C)([O]C)[O]C. The van der Waals surface area contributed by atoms with E-state index in [1.807, 2.05) is 6.92 Å². The Hall–Kier alpha value is 0.514. The molecular weight excluding hydrogens is 200 g/mol. The maximum absolute atomic E-state index is 5.32. The van der Waals surface area contributed by atoms with Crippen LogP contribution in [-0.4, -0.2) is 35.0 Å². The van der Waals surface area contributed by atoms with Crippen LogP contribution < -0.4 is 0 Å². The van der Waals surface area contributed by atoms with Crippen molar-refractivity contribution in [2.24, 2.45) is 0 Å². The molecule has 0 amide bonds. The molecule has 12 heavy (non-hydrogen) atoms. The second-order valence-electron chi connectivity index (χ2n) is 2.08. The first-order chi connectivity index (χ1) is 5.62. The quantitative estimate of drug-likeness (QED) is 0.618. The summed E-state index contributed by atoms with van der Waals surface area (Å²) in [5.74, 6) is 0. The van der Waals surface area contributed by atoms with Crippen molar-refractivity contribution in [3.05, 3.63) is 0 Å². The van der Waals surface area contributed by atoms with E-state index in [4.69, 9.17) is 16.6 Å². The normalized spacial score (nSPS) is 15.6. The molecule has 5 nitrogen and oxygen atoms in total. The van der Waals surface area contributed by atoms with E-state index in [1.165, 1.54) is 28.4 Å². The van der Waals surface area contributed by atoms with Gasteiger partial charge in [0, 0.05) is 0 Å².